The van der Waals surface area contributed by atoms with Crippen LogP contribution in [0.1, 0.15) is 43.0 Å². The van der Waals surface area contributed by atoms with E-state index >= 15 is 0 Å². The number of hydrogen-bond acceptors (Lipinski definition) is 7. The number of benzene rings is 1. The van der Waals surface area contributed by atoms with Crippen LogP contribution in [0.4, 0.5) is 5.69 Å². The summed E-state index contributed by atoms with van der Waals surface area (Å²) >= 11 is 0. The Hall–Kier alpha value is -2.84. The number of esters is 1. The molecule has 9 nitrogen and oxygen atoms in total. The summed E-state index contributed by atoms with van der Waals surface area (Å²) in [6, 6.07) is 2.40. The third-order valence-electron chi connectivity index (χ3n) is 4.26. The molecule has 1 unspecified atom stereocenters. The highest BCUT2D eigenvalue weighted by Gasteiger charge is 2.30. The van der Waals surface area contributed by atoms with Gasteiger partial charge in [0.2, 0.25) is 6.79 Å². The lowest BCUT2D eigenvalue weighted by Crippen LogP contribution is -2.40. The van der Waals surface area contributed by atoms with Gasteiger partial charge in [-0.1, -0.05) is 12.8 Å². The van der Waals surface area contributed by atoms with Crippen molar-refractivity contribution in [3.8, 4) is 11.5 Å². The van der Waals surface area contributed by atoms with Crippen molar-refractivity contribution < 1.29 is 28.7 Å². The monoisotopic (exact) mass is 350 g/mol. The quantitative estimate of drug-likeness (QED) is 0.490. The molecular formula is C16H18N2O7. The summed E-state index contributed by atoms with van der Waals surface area (Å²) in [5.41, 5.74) is -0.743. The third-order valence-corrected chi connectivity index (χ3v) is 4.26. The summed E-state index contributed by atoms with van der Waals surface area (Å²) in [5, 5.41) is 14.0. The van der Waals surface area contributed by atoms with Gasteiger partial charge in [-0.15, -0.1) is 0 Å². The number of fused-ring (bicyclic) bond motifs is 1. The molecule has 1 aromatic rings. The first-order valence-electron chi connectivity index (χ1n) is 8.05. The number of nitrogens with zero attached hydrogens (tertiary/aromatic N) is 1. The van der Waals surface area contributed by atoms with E-state index in [0.717, 1.165) is 31.7 Å². The molecule has 1 saturated carbocycles. The van der Waals surface area contributed by atoms with Crippen LogP contribution in [0.2, 0.25) is 0 Å². The summed E-state index contributed by atoms with van der Waals surface area (Å²) in [4.78, 5) is 34.9. The predicted molar refractivity (Wildman–Crippen MR) is 84.5 cm³/mol. The van der Waals surface area contributed by atoms with Gasteiger partial charge in [0.15, 0.2) is 17.6 Å². The van der Waals surface area contributed by atoms with Gasteiger partial charge in [-0.3, -0.25) is 14.9 Å². The number of rotatable bonds is 5. The number of carbonyl (C=O) groups excluding carboxylic acids is 2. The molecule has 0 radical (unpaired) electrons. The van der Waals surface area contributed by atoms with Crippen LogP contribution in [0.3, 0.4) is 0 Å². The fourth-order valence-corrected chi connectivity index (χ4v) is 2.91. The largest absolute Gasteiger partial charge is 0.454 e. The van der Waals surface area contributed by atoms with Crippen molar-refractivity contribution in [2.45, 2.75) is 44.8 Å². The van der Waals surface area contributed by atoms with E-state index in [1.807, 2.05) is 0 Å². The minimum absolute atomic E-state index is 0.0782. The normalized spacial score (nSPS) is 17.2. The lowest BCUT2D eigenvalue weighted by Gasteiger charge is -2.17. The molecule has 1 fully saturated rings. The molecule has 25 heavy (non-hydrogen) atoms. The van der Waals surface area contributed by atoms with E-state index in [1.165, 1.54) is 13.0 Å². The van der Waals surface area contributed by atoms with Crippen molar-refractivity contribution >= 4 is 17.6 Å². The summed E-state index contributed by atoms with van der Waals surface area (Å²) < 4.78 is 15.3. The van der Waals surface area contributed by atoms with Crippen molar-refractivity contribution in [3.05, 3.63) is 27.8 Å². The molecule has 1 amide bonds. The van der Waals surface area contributed by atoms with Crippen molar-refractivity contribution in [2.75, 3.05) is 6.79 Å². The minimum Gasteiger partial charge on any atom is -0.454 e. The average molecular weight is 350 g/mol. The first-order valence-corrected chi connectivity index (χ1v) is 8.05. The zero-order valence-electron chi connectivity index (χ0n) is 13.6. The van der Waals surface area contributed by atoms with Gasteiger partial charge >= 0.3 is 5.97 Å². The van der Waals surface area contributed by atoms with E-state index in [0.29, 0.717) is 0 Å². The zero-order valence-corrected chi connectivity index (χ0v) is 13.6. The lowest BCUT2D eigenvalue weighted by molar-refractivity contribution is -0.385. The number of hydrogen-bond donors (Lipinski definition) is 1. The number of nitrogens with one attached hydrogen (secondary N) is 1. The molecule has 0 spiro atoms. The molecule has 1 aliphatic carbocycles. The molecule has 3 rings (SSSR count). The van der Waals surface area contributed by atoms with Crippen LogP contribution < -0.4 is 14.8 Å². The fourth-order valence-electron chi connectivity index (χ4n) is 2.91. The second-order valence-corrected chi connectivity index (χ2v) is 6.02. The van der Waals surface area contributed by atoms with E-state index in [4.69, 9.17) is 14.2 Å². The summed E-state index contributed by atoms with van der Waals surface area (Å²) in [5.74, 6) is -0.960. The molecule has 9 heteroatoms. The van der Waals surface area contributed by atoms with E-state index in [1.54, 1.807) is 0 Å². The highest BCUT2D eigenvalue weighted by molar-refractivity contribution is 5.96. The van der Waals surface area contributed by atoms with Crippen LogP contribution in [0.25, 0.3) is 0 Å². The number of nitro groups is 1. The molecule has 2 aliphatic rings. The molecular weight excluding hydrogens is 332 g/mol. The van der Waals surface area contributed by atoms with Crippen LogP contribution in [0.15, 0.2) is 12.1 Å². The molecule has 0 bridgehead atoms. The van der Waals surface area contributed by atoms with Crippen LogP contribution in [0, 0.1) is 10.1 Å². The molecule has 0 aromatic heterocycles. The maximum absolute atomic E-state index is 12.3. The highest BCUT2D eigenvalue weighted by atomic mass is 16.7. The van der Waals surface area contributed by atoms with Gasteiger partial charge in [-0.2, -0.15) is 0 Å². The van der Waals surface area contributed by atoms with Gasteiger partial charge < -0.3 is 19.5 Å². The highest BCUT2D eigenvalue weighted by Crippen LogP contribution is 2.38. The van der Waals surface area contributed by atoms with Gasteiger partial charge in [-0.05, 0) is 19.8 Å². The Morgan fingerprint density at radius 2 is 1.92 bits per heavy atom. The van der Waals surface area contributed by atoms with Crippen molar-refractivity contribution in [1.82, 2.24) is 5.32 Å². The second kappa shape index (κ2) is 6.96. The summed E-state index contributed by atoms with van der Waals surface area (Å²) in [6.07, 6.45) is 2.86. The number of nitro benzene ring substituents is 1. The van der Waals surface area contributed by atoms with E-state index in [9.17, 15) is 19.7 Å². The number of amides is 1. The Bertz CT molecular complexity index is 713. The van der Waals surface area contributed by atoms with Crippen LogP contribution in [-0.2, 0) is 9.53 Å². The second-order valence-electron chi connectivity index (χ2n) is 6.02. The minimum atomic E-state index is -1.06. The Morgan fingerprint density at radius 1 is 1.28 bits per heavy atom. The maximum Gasteiger partial charge on any atom is 0.346 e. The van der Waals surface area contributed by atoms with Crippen LogP contribution in [-0.4, -0.2) is 35.7 Å². The number of ether oxygens (including phenoxy) is 3. The fraction of sp³-hybridized carbons (Fsp3) is 0.500. The molecule has 0 saturated heterocycles. The summed E-state index contributed by atoms with van der Waals surface area (Å²) in [7, 11) is 0. The first kappa shape index (κ1) is 17.0. The Labute approximate surface area is 143 Å². The summed E-state index contributed by atoms with van der Waals surface area (Å²) in [6.45, 7) is 1.35. The molecule has 1 aliphatic heterocycles. The Morgan fingerprint density at radius 3 is 2.56 bits per heavy atom. The Balaban J connectivity index is 1.72. The lowest BCUT2D eigenvalue weighted by atomic mass is 10.1. The molecule has 1 atom stereocenters. The van der Waals surface area contributed by atoms with E-state index in [2.05, 4.69) is 5.32 Å². The van der Waals surface area contributed by atoms with E-state index in [-0.39, 0.29) is 29.9 Å². The smallest absolute Gasteiger partial charge is 0.346 e. The van der Waals surface area contributed by atoms with Crippen LogP contribution >= 0.6 is 0 Å². The van der Waals surface area contributed by atoms with Gasteiger partial charge in [-0.25, -0.2) is 4.79 Å². The number of carbonyl (C=O) groups is 2. The zero-order chi connectivity index (χ0) is 18.0. The molecule has 1 heterocycles. The van der Waals surface area contributed by atoms with Crippen molar-refractivity contribution in [2.24, 2.45) is 0 Å². The topological polar surface area (TPSA) is 117 Å². The molecule has 1 aromatic carbocycles. The standard InChI is InChI=1S/C16H18N2O7/c1-9(15(19)17-10-4-2-3-5-10)25-16(20)11-6-13-14(24-8-23-13)7-12(11)18(21)22/h6-7,9-10H,2-5,8H2,1H3,(H,17,19). The first-order chi connectivity index (χ1) is 12.0. The molecule has 1 N–H and O–H groups in total. The van der Waals surface area contributed by atoms with E-state index < -0.39 is 28.6 Å². The average Bonchev–Trinajstić information content (AvgIpc) is 3.23. The SMILES string of the molecule is CC(OC(=O)c1cc2c(cc1[N+](=O)[O-])OCO2)C(=O)NC1CCCC1. The van der Waals surface area contributed by atoms with Crippen molar-refractivity contribution in [1.29, 1.82) is 0 Å². The van der Waals surface area contributed by atoms with Gasteiger partial charge in [0.25, 0.3) is 11.6 Å². The Kier molecular flexibility index (Phi) is 4.73. The van der Waals surface area contributed by atoms with Crippen LogP contribution in [0.5, 0.6) is 11.5 Å². The van der Waals surface area contributed by atoms with Gasteiger partial charge in [0, 0.05) is 12.1 Å². The predicted octanol–water partition coefficient (Wildman–Crippen LogP) is 1.93. The van der Waals surface area contributed by atoms with Gasteiger partial charge in [0.1, 0.15) is 5.56 Å². The maximum atomic E-state index is 12.3. The van der Waals surface area contributed by atoms with Crippen molar-refractivity contribution in [3.63, 3.8) is 0 Å². The third kappa shape index (κ3) is 3.65. The van der Waals surface area contributed by atoms with Gasteiger partial charge in [0.05, 0.1) is 11.0 Å². The molecule has 134 valence electrons.